The zero-order chi connectivity index (χ0) is 42.4. The second kappa shape index (κ2) is 25.6. The van der Waals surface area contributed by atoms with Gasteiger partial charge in [0.25, 0.3) is 0 Å². The molecule has 0 bridgehead atoms. The molecule has 0 aliphatic heterocycles. The van der Waals surface area contributed by atoms with Crippen molar-refractivity contribution in [2.75, 3.05) is 25.2 Å². The SMILES string of the molecule is CCC.CCCCC(CC)COc1ccc(C2=CC=CC(Sc3cc(-c4ccc(OCC(CC)CCCC)cc4)ccc3N(C)C3=C=CC=C(C(=O)O)C=C3)=CC2)cc1. The van der Waals surface area contributed by atoms with Gasteiger partial charge in [0, 0.05) is 16.8 Å². The number of aliphatic carboxylic acids is 1. The van der Waals surface area contributed by atoms with Crippen LogP contribution in [0.25, 0.3) is 16.7 Å². The van der Waals surface area contributed by atoms with Crippen LogP contribution in [0.15, 0.2) is 142 Å². The highest BCUT2D eigenvalue weighted by Gasteiger charge is 2.16. The van der Waals surface area contributed by atoms with Crippen molar-refractivity contribution in [1.82, 2.24) is 0 Å². The Balaban J connectivity index is 0.00000248. The van der Waals surface area contributed by atoms with Gasteiger partial charge in [-0.25, -0.2) is 4.79 Å². The van der Waals surface area contributed by atoms with E-state index < -0.39 is 5.97 Å². The molecule has 0 spiro atoms. The molecular weight excluding hydrogens is 747 g/mol. The first-order valence-electron chi connectivity index (χ1n) is 21.9. The highest BCUT2D eigenvalue weighted by molar-refractivity contribution is 8.03. The van der Waals surface area contributed by atoms with Crippen LogP contribution in [0.4, 0.5) is 5.69 Å². The summed E-state index contributed by atoms with van der Waals surface area (Å²) in [5.41, 5.74) is 9.92. The average molecular weight is 814 g/mol. The molecule has 2 unspecified atom stereocenters. The Hall–Kier alpha value is -4.90. The van der Waals surface area contributed by atoms with Crippen molar-refractivity contribution in [3.05, 3.63) is 143 Å². The van der Waals surface area contributed by atoms with Crippen LogP contribution in [-0.2, 0) is 4.79 Å². The fourth-order valence-corrected chi connectivity index (χ4v) is 7.84. The zero-order valence-electron chi connectivity index (χ0n) is 36.6. The number of hydrogen-bond donors (Lipinski definition) is 1. The highest BCUT2D eigenvalue weighted by Crippen LogP contribution is 2.41. The van der Waals surface area contributed by atoms with E-state index in [1.807, 2.05) is 13.1 Å². The molecule has 5 rings (SSSR count). The Kier molecular flexibility index (Phi) is 20.3. The fraction of sp³-hybridized carbons (Fsp3) is 0.396. The van der Waals surface area contributed by atoms with Gasteiger partial charge in [0.15, 0.2) is 0 Å². The standard InChI is InChI=1S/C50H59NO4S.C3H8/c1-6-10-14-37(8-3)35-54-45-28-21-40(22-29-45)39-16-13-19-47(32-25-39)56-49-34-43(41-23-30-46(31-24-41)55-36-38(9-4)15-11-7-2)26-33-48(49)51(5)44-18-12-17-42(20-27-44)50(52)53;1-3-2/h12-13,16-17,19-24,26-34,37-38H,6-11,14-15,25,35-36H2,1-5H3,(H,52,53);3H2,1-2H3. The van der Waals surface area contributed by atoms with E-state index in [1.165, 1.54) is 56.1 Å². The number of carboxylic acid groups (broad SMARTS) is 1. The maximum absolute atomic E-state index is 11.7. The molecule has 6 heteroatoms. The van der Waals surface area contributed by atoms with Crippen molar-refractivity contribution in [2.24, 2.45) is 11.8 Å². The van der Waals surface area contributed by atoms with E-state index in [9.17, 15) is 9.90 Å². The minimum atomic E-state index is -0.964. The van der Waals surface area contributed by atoms with Crippen molar-refractivity contribution >= 4 is 29.0 Å². The summed E-state index contributed by atoms with van der Waals surface area (Å²) < 4.78 is 12.4. The quantitative estimate of drug-likeness (QED) is 0.108. The molecule has 0 saturated carbocycles. The van der Waals surface area contributed by atoms with Crippen molar-refractivity contribution < 1.29 is 19.4 Å². The molecule has 1 N–H and O–H groups in total. The molecule has 3 aromatic rings. The number of ether oxygens (including phenoxy) is 2. The van der Waals surface area contributed by atoms with Gasteiger partial charge in [0.05, 0.1) is 30.2 Å². The van der Waals surface area contributed by atoms with E-state index in [-0.39, 0.29) is 5.57 Å². The minimum absolute atomic E-state index is 0.219. The van der Waals surface area contributed by atoms with Gasteiger partial charge in [-0.05, 0) is 120 Å². The monoisotopic (exact) mass is 813 g/mol. The summed E-state index contributed by atoms with van der Waals surface area (Å²) in [5, 5.41) is 9.56. The average Bonchev–Trinajstić information content (AvgIpc) is 3.66. The predicted molar refractivity (Wildman–Crippen MR) is 252 cm³/mol. The smallest absolute Gasteiger partial charge is 0.335 e. The molecule has 314 valence electrons. The summed E-state index contributed by atoms with van der Waals surface area (Å²) >= 11 is 1.73. The van der Waals surface area contributed by atoms with E-state index in [2.05, 4.69) is 143 Å². The van der Waals surface area contributed by atoms with Crippen molar-refractivity contribution in [3.8, 4) is 22.6 Å². The minimum Gasteiger partial charge on any atom is -0.493 e. The molecule has 0 aromatic heterocycles. The molecule has 2 aliphatic rings. The van der Waals surface area contributed by atoms with E-state index in [4.69, 9.17) is 9.47 Å². The number of nitrogens with zero attached hydrogens (tertiary/aromatic N) is 1. The van der Waals surface area contributed by atoms with E-state index in [1.54, 1.807) is 30.0 Å². The zero-order valence-corrected chi connectivity index (χ0v) is 37.5. The van der Waals surface area contributed by atoms with Gasteiger partial charge in [0.1, 0.15) is 11.5 Å². The van der Waals surface area contributed by atoms with Crippen LogP contribution in [0.1, 0.15) is 111 Å². The first-order valence-corrected chi connectivity index (χ1v) is 22.7. The second-order valence-corrected chi connectivity index (χ2v) is 16.5. The number of benzene rings is 3. The van der Waals surface area contributed by atoms with Gasteiger partial charge in [-0.3, -0.25) is 0 Å². The number of rotatable bonds is 21. The molecule has 0 fully saturated rings. The summed E-state index contributed by atoms with van der Waals surface area (Å²) in [6, 6.07) is 23.5. The lowest BCUT2D eigenvalue weighted by molar-refractivity contribution is -0.132. The second-order valence-electron chi connectivity index (χ2n) is 15.4. The third-order valence-electron chi connectivity index (χ3n) is 10.6. The number of anilines is 1. The third kappa shape index (κ3) is 15.0. The number of carboxylic acids is 1. The van der Waals surface area contributed by atoms with Crippen LogP contribution < -0.4 is 14.4 Å². The largest absolute Gasteiger partial charge is 0.493 e. The fourth-order valence-electron chi connectivity index (χ4n) is 6.78. The van der Waals surface area contributed by atoms with Crippen LogP contribution in [0, 0.1) is 11.8 Å². The van der Waals surface area contributed by atoms with Gasteiger partial charge < -0.3 is 19.5 Å². The van der Waals surface area contributed by atoms with E-state index in [0.717, 1.165) is 76.3 Å². The first-order chi connectivity index (χ1) is 28.7. The van der Waals surface area contributed by atoms with Gasteiger partial charge in [-0.15, -0.1) is 0 Å². The molecule has 0 saturated heterocycles. The van der Waals surface area contributed by atoms with Crippen LogP contribution in [0.2, 0.25) is 0 Å². The van der Waals surface area contributed by atoms with Gasteiger partial charge in [0.2, 0.25) is 0 Å². The van der Waals surface area contributed by atoms with Crippen LogP contribution >= 0.6 is 11.8 Å². The topological polar surface area (TPSA) is 59.0 Å². The summed E-state index contributed by atoms with van der Waals surface area (Å²) in [6.07, 6.45) is 27.2. The molecule has 2 aliphatic carbocycles. The third-order valence-corrected chi connectivity index (χ3v) is 11.7. The maximum atomic E-state index is 11.7. The van der Waals surface area contributed by atoms with Crippen LogP contribution in [0.5, 0.6) is 11.5 Å². The Morgan fingerprint density at radius 3 is 1.90 bits per heavy atom. The van der Waals surface area contributed by atoms with Crippen molar-refractivity contribution in [1.29, 1.82) is 0 Å². The number of likely N-dealkylation sites (N-methyl/N-ethyl adjacent to an activating group) is 1. The first kappa shape index (κ1) is 46.8. The number of unbranched alkanes of at least 4 members (excludes halogenated alkanes) is 2. The summed E-state index contributed by atoms with van der Waals surface area (Å²) in [7, 11) is 2.00. The van der Waals surface area contributed by atoms with Gasteiger partial charge in [-0.1, -0.05) is 153 Å². The van der Waals surface area contributed by atoms with Crippen LogP contribution in [0.3, 0.4) is 0 Å². The lowest BCUT2D eigenvalue weighted by Crippen LogP contribution is -2.15. The van der Waals surface area contributed by atoms with Crippen molar-refractivity contribution in [3.63, 3.8) is 0 Å². The summed E-state index contributed by atoms with van der Waals surface area (Å²) in [4.78, 5) is 16.0. The summed E-state index contributed by atoms with van der Waals surface area (Å²) in [6.45, 7) is 14.7. The molecule has 5 nitrogen and oxygen atoms in total. The number of allylic oxidation sites excluding steroid dienone is 7. The molecule has 0 amide bonds. The lowest BCUT2D eigenvalue weighted by Gasteiger charge is -2.23. The van der Waals surface area contributed by atoms with Crippen molar-refractivity contribution in [2.45, 2.75) is 111 Å². The van der Waals surface area contributed by atoms with E-state index >= 15 is 0 Å². The highest BCUT2D eigenvalue weighted by atomic mass is 32.2. The Bertz CT molecular complexity index is 1990. The lowest BCUT2D eigenvalue weighted by atomic mass is 10.0. The maximum Gasteiger partial charge on any atom is 0.335 e. The number of thioether (sulfide) groups is 1. The molecule has 0 radical (unpaired) electrons. The number of carbonyl (C=O) groups is 1. The van der Waals surface area contributed by atoms with Crippen LogP contribution in [-0.4, -0.2) is 31.3 Å². The molecule has 2 atom stereocenters. The normalized spacial score (nSPS) is 14.4. The van der Waals surface area contributed by atoms with Gasteiger partial charge >= 0.3 is 5.97 Å². The molecular formula is C53H67NO4S. The Morgan fingerprint density at radius 2 is 1.34 bits per heavy atom. The molecule has 59 heavy (non-hydrogen) atoms. The summed E-state index contributed by atoms with van der Waals surface area (Å²) in [5.74, 6) is 2.04. The molecule has 3 aromatic carbocycles. The number of hydrogen-bond acceptors (Lipinski definition) is 5. The predicted octanol–water partition coefficient (Wildman–Crippen LogP) is 15.0. The van der Waals surface area contributed by atoms with Gasteiger partial charge in [-0.2, -0.15) is 0 Å². The molecule has 0 heterocycles. The van der Waals surface area contributed by atoms with E-state index in [0.29, 0.717) is 11.8 Å². The Morgan fingerprint density at radius 1 is 0.763 bits per heavy atom. The Labute approximate surface area is 360 Å².